The molecule has 2 heterocycles. The van der Waals surface area contributed by atoms with Crippen molar-refractivity contribution >= 4 is 16.6 Å². The van der Waals surface area contributed by atoms with Crippen LogP contribution in [-0.4, -0.2) is 11.1 Å². The largest absolute Gasteiger partial charge is 0.366 e. The van der Waals surface area contributed by atoms with E-state index < -0.39 is 16.7 Å². The maximum atomic E-state index is 11.3. The van der Waals surface area contributed by atoms with Gasteiger partial charge < -0.3 is 9.47 Å². The summed E-state index contributed by atoms with van der Waals surface area (Å²) in [6.45, 7) is 3.43. The molecular weight excluding hydrogens is 488 g/mol. The smallest absolute Gasteiger partial charge is 0.166 e. The highest BCUT2D eigenvalue weighted by Crippen LogP contribution is 2.64. The van der Waals surface area contributed by atoms with E-state index in [0.29, 0.717) is 13.0 Å². The maximum Gasteiger partial charge on any atom is 0.166 e. The summed E-state index contributed by atoms with van der Waals surface area (Å²) in [7, 11) is 2.14. The van der Waals surface area contributed by atoms with E-state index in [4.69, 9.17) is 0 Å². The zero-order valence-corrected chi connectivity index (χ0v) is 22.8. The molecule has 0 fully saturated rings. The number of nitriles is 2. The molecule has 4 aromatic carbocycles. The molecule has 1 aromatic heterocycles. The first-order chi connectivity index (χ1) is 19.5. The third-order valence-electron chi connectivity index (χ3n) is 9.51. The van der Waals surface area contributed by atoms with Gasteiger partial charge in [-0.3, -0.25) is 0 Å². The minimum atomic E-state index is -1.32. The quantitative estimate of drug-likeness (QED) is 0.254. The molecular formula is C36H30N4. The highest BCUT2D eigenvalue weighted by Gasteiger charge is 2.66. The number of hydrogen-bond donors (Lipinski definition) is 0. The SMILES string of the molecule is Cc1ccccc1C1c2c(n(C)c3ccccc23)CC2(CN(Cc3ccccc3)c3ccccc32)C1(C#N)C#N. The second-order valence-corrected chi connectivity index (χ2v) is 11.4. The van der Waals surface area contributed by atoms with Crippen LogP contribution in [0.15, 0.2) is 103 Å². The lowest BCUT2D eigenvalue weighted by Gasteiger charge is -2.49. The van der Waals surface area contributed by atoms with Crippen molar-refractivity contribution in [3.05, 3.63) is 137 Å². The van der Waals surface area contributed by atoms with Crippen molar-refractivity contribution in [2.75, 3.05) is 11.4 Å². The van der Waals surface area contributed by atoms with Gasteiger partial charge in [0.2, 0.25) is 0 Å². The summed E-state index contributed by atoms with van der Waals surface area (Å²) >= 11 is 0. The fraction of sp³-hybridized carbons (Fsp3) is 0.222. The molecule has 5 aromatic rings. The van der Waals surface area contributed by atoms with Gasteiger partial charge in [-0.15, -0.1) is 0 Å². The summed E-state index contributed by atoms with van der Waals surface area (Å²) in [5, 5.41) is 23.7. The van der Waals surface area contributed by atoms with Crippen LogP contribution >= 0.6 is 0 Å². The third-order valence-corrected chi connectivity index (χ3v) is 9.51. The monoisotopic (exact) mass is 518 g/mol. The Balaban J connectivity index is 1.55. The first-order valence-electron chi connectivity index (χ1n) is 13.9. The zero-order chi connectivity index (χ0) is 27.5. The summed E-state index contributed by atoms with van der Waals surface area (Å²) in [6, 6.07) is 41.1. The van der Waals surface area contributed by atoms with Crippen LogP contribution in [0.2, 0.25) is 0 Å². The molecule has 0 radical (unpaired) electrons. The predicted octanol–water partition coefficient (Wildman–Crippen LogP) is 7.17. The van der Waals surface area contributed by atoms with E-state index in [9.17, 15) is 10.5 Å². The Bertz CT molecular complexity index is 1840. The molecule has 40 heavy (non-hydrogen) atoms. The van der Waals surface area contributed by atoms with Gasteiger partial charge in [0, 0.05) is 54.8 Å². The first kappa shape index (κ1) is 24.3. The van der Waals surface area contributed by atoms with Crippen molar-refractivity contribution in [1.29, 1.82) is 10.5 Å². The Morgan fingerprint density at radius 2 is 1.50 bits per heavy atom. The molecule has 0 bridgehead atoms. The molecule has 0 saturated carbocycles. The molecule has 0 amide bonds. The average Bonchev–Trinajstić information content (AvgIpc) is 3.45. The Morgan fingerprint density at radius 3 is 2.27 bits per heavy atom. The van der Waals surface area contributed by atoms with E-state index in [1.54, 1.807) is 0 Å². The summed E-state index contributed by atoms with van der Waals surface area (Å²) in [5.41, 5.74) is 7.03. The highest BCUT2D eigenvalue weighted by atomic mass is 15.2. The number of anilines is 1. The lowest BCUT2D eigenvalue weighted by atomic mass is 9.49. The Labute approximate surface area is 235 Å². The first-order valence-corrected chi connectivity index (χ1v) is 13.9. The van der Waals surface area contributed by atoms with Crippen LogP contribution < -0.4 is 4.90 Å². The number of rotatable bonds is 3. The fourth-order valence-corrected chi connectivity index (χ4v) is 7.68. The fourth-order valence-electron chi connectivity index (χ4n) is 7.68. The third kappa shape index (κ3) is 3.11. The number of aromatic nitrogens is 1. The van der Waals surface area contributed by atoms with Crippen molar-refractivity contribution < 1.29 is 0 Å². The summed E-state index contributed by atoms with van der Waals surface area (Å²) in [4.78, 5) is 2.39. The van der Waals surface area contributed by atoms with Crippen molar-refractivity contribution in [2.24, 2.45) is 12.5 Å². The van der Waals surface area contributed by atoms with Gasteiger partial charge in [0.25, 0.3) is 0 Å². The topological polar surface area (TPSA) is 55.8 Å². The summed E-state index contributed by atoms with van der Waals surface area (Å²) in [6.07, 6.45) is 0.624. The van der Waals surface area contributed by atoms with Gasteiger partial charge in [-0.25, -0.2) is 0 Å². The van der Waals surface area contributed by atoms with Crippen molar-refractivity contribution in [1.82, 2.24) is 4.57 Å². The molecule has 1 aliphatic carbocycles. The maximum absolute atomic E-state index is 11.3. The number of hydrogen-bond acceptors (Lipinski definition) is 3. The van der Waals surface area contributed by atoms with E-state index in [-0.39, 0.29) is 0 Å². The van der Waals surface area contributed by atoms with Gasteiger partial charge in [-0.2, -0.15) is 10.5 Å². The predicted molar refractivity (Wildman–Crippen MR) is 159 cm³/mol. The number of nitrogens with zero attached hydrogens (tertiary/aromatic N) is 4. The Kier molecular flexibility index (Phi) is 5.38. The van der Waals surface area contributed by atoms with Crippen LogP contribution in [0, 0.1) is 35.0 Å². The van der Waals surface area contributed by atoms with Crippen LogP contribution in [0.4, 0.5) is 5.69 Å². The van der Waals surface area contributed by atoms with E-state index in [2.05, 4.69) is 121 Å². The average molecular weight is 519 g/mol. The number of fused-ring (bicyclic) bond motifs is 5. The second kappa shape index (κ2) is 8.87. The van der Waals surface area contributed by atoms with E-state index in [1.165, 1.54) is 11.3 Å². The Hall–Kier alpha value is -4.80. The molecule has 4 nitrogen and oxygen atoms in total. The zero-order valence-electron chi connectivity index (χ0n) is 22.8. The van der Waals surface area contributed by atoms with Gasteiger partial charge in [-0.1, -0.05) is 91.0 Å². The standard InChI is InChI=1S/C36H30N4/c1-25-12-6-7-15-27(25)34-33-28-16-8-10-18-30(28)39(2)32(33)20-35(36(34,22-37)23-38)24-40(21-26-13-4-3-5-14-26)31-19-11-9-17-29(31)35/h3-19,34H,20-21,24H2,1-2H3. The number of benzene rings is 4. The van der Waals surface area contributed by atoms with Crippen molar-refractivity contribution in [2.45, 2.75) is 31.2 Å². The lowest BCUT2D eigenvalue weighted by molar-refractivity contribution is 0.214. The molecule has 0 saturated heterocycles. The minimum absolute atomic E-state index is 0.400. The normalized spacial score (nSPS) is 20.6. The van der Waals surface area contributed by atoms with Crippen LogP contribution in [0.25, 0.3) is 10.9 Å². The van der Waals surface area contributed by atoms with E-state index in [1.807, 2.05) is 18.2 Å². The molecule has 194 valence electrons. The number of aryl methyl sites for hydroxylation is 2. The minimum Gasteiger partial charge on any atom is -0.366 e. The van der Waals surface area contributed by atoms with Gasteiger partial charge in [0.05, 0.1) is 17.6 Å². The van der Waals surface area contributed by atoms with E-state index >= 15 is 0 Å². The van der Waals surface area contributed by atoms with Gasteiger partial charge >= 0.3 is 0 Å². The van der Waals surface area contributed by atoms with Crippen LogP contribution in [0.1, 0.15) is 39.4 Å². The number of para-hydroxylation sites is 2. The Morgan fingerprint density at radius 1 is 0.825 bits per heavy atom. The van der Waals surface area contributed by atoms with Gasteiger partial charge in [-0.05, 0) is 46.9 Å². The molecule has 2 aliphatic rings. The summed E-state index contributed by atoms with van der Waals surface area (Å²) < 4.78 is 2.30. The lowest BCUT2D eigenvalue weighted by Crippen LogP contribution is -2.55. The van der Waals surface area contributed by atoms with E-state index in [0.717, 1.165) is 45.4 Å². The van der Waals surface area contributed by atoms with Gasteiger partial charge in [0.15, 0.2) is 5.41 Å². The molecule has 7 rings (SSSR count). The van der Waals surface area contributed by atoms with Crippen molar-refractivity contribution in [3.63, 3.8) is 0 Å². The van der Waals surface area contributed by atoms with Gasteiger partial charge in [0.1, 0.15) is 0 Å². The molecule has 2 atom stereocenters. The highest BCUT2D eigenvalue weighted by molar-refractivity contribution is 5.88. The molecule has 1 aliphatic heterocycles. The van der Waals surface area contributed by atoms with Crippen LogP contribution in [0.3, 0.4) is 0 Å². The molecule has 4 heteroatoms. The second-order valence-electron chi connectivity index (χ2n) is 11.4. The summed E-state index contributed by atoms with van der Waals surface area (Å²) in [5.74, 6) is -0.400. The van der Waals surface area contributed by atoms with Crippen LogP contribution in [0.5, 0.6) is 0 Å². The molecule has 0 N–H and O–H groups in total. The molecule has 1 spiro atoms. The molecule has 2 unspecified atom stereocenters. The van der Waals surface area contributed by atoms with Crippen LogP contribution in [-0.2, 0) is 25.4 Å². The van der Waals surface area contributed by atoms with Crippen molar-refractivity contribution in [3.8, 4) is 12.1 Å².